The normalized spacial score (nSPS) is 29.1. The molecule has 52 heavy (non-hydrogen) atoms. The summed E-state index contributed by atoms with van der Waals surface area (Å²) >= 11 is 1.73. The third kappa shape index (κ3) is 7.63. The first-order valence-corrected chi connectivity index (χ1v) is 19.9. The number of hydrogen-bond donors (Lipinski definition) is 3. The molecule has 1 aliphatic heterocycles. The summed E-state index contributed by atoms with van der Waals surface area (Å²) in [7, 11) is 1.70. The Bertz CT molecular complexity index is 1830. The molecule has 0 unspecified atom stereocenters. The predicted molar refractivity (Wildman–Crippen MR) is 205 cm³/mol. The summed E-state index contributed by atoms with van der Waals surface area (Å²) in [5.74, 6) is 4.04. The molecule has 4 atom stereocenters. The topological polar surface area (TPSA) is 89.1 Å². The average molecular weight is 719 g/mol. The number of urea groups is 1. The van der Waals surface area contributed by atoms with E-state index in [1.54, 1.807) is 18.9 Å². The number of aliphatic hydroxyl groups is 1. The number of methoxy groups -OCH3 is 1. The van der Waals surface area contributed by atoms with Gasteiger partial charge in [0.2, 0.25) is 0 Å². The van der Waals surface area contributed by atoms with Crippen LogP contribution in [0.3, 0.4) is 0 Å². The fraction of sp³-hybridized carbons (Fsp3) is 0.432. The van der Waals surface area contributed by atoms with Crippen molar-refractivity contribution in [3.05, 3.63) is 119 Å². The SMILES string of the molecule is COc1ccccc1SC[C@@H]1O[C@H](c2cccc(-c3cccc(CNC(=O)NC45CC6CC(CC(C6)C4)C5)c3)c2)O[C@H](c2ccc(CO)cc2)[C@@H]1C. The highest BCUT2D eigenvalue weighted by molar-refractivity contribution is 7.99. The number of aliphatic hydroxyl groups excluding tert-OH is 1. The summed E-state index contributed by atoms with van der Waals surface area (Å²) in [4.78, 5) is 14.3. The number of amides is 2. The first kappa shape index (κ1) is 35.2. The van der Waals surface area contributed by atoms with E-state index in [0.29, 0.717) is 6.54 Å². The van der Waals surface area contributed by atoms with Gasteiger partial charge in [0.1, 0.15) is 5.75 Å². The summed E-state index contributed by atoms with van der Waals surface area (Å²) in [5.41, 5.74) is 6.08. The summed E-state index contributed by atoms with van der Waals surface area (Å²) < 4.78 is 19.2. The van der Waals surface area contributed by atoms with Crippen molar-refractivity contribution in [2.75, 3.05) is 12.9 Å². The zero-order valence-electron chi connectivity index (χ0n) is 30.1. The van der Waals surface area contributed by atoms with Gasteiger partial charge in [-0.1, -0.05) is 79.7 Å². The van der Waals surface area contributed by atoms with Crippen molar-refractivity contribution in [2.45, 2.75) is 87.5 Å². The Kier molecular flexibility index (Phi) is 10.3. The van der Waals surface area contributed by atoms with Crippen molar-refractivity contribution in [1.29, 1.82) is 0 Å². The molecule has 0 spiro atoms. The van der Waals surface area contributed by atoms with Crippen molar-refractivity contribution >= 4 is 17.8 Å². The molecule has 7 nitrogen and oxygen atoms in total. The monoisotopic (exact) mass is 718 g/mol. The van der Waals surface area contributed by atoms with E-state index in [4.69, 9.17) is 14.2 Å². The second-order valence-corrected chi connectivity index (χ2v) is 16.7. The first-order valence-electron chi connectivity index (χ1n) is 18.9. The van der Waals surface area contributed by atoms with E-state index in [1.807, 2.05) is 30.3 Å². The second-order valence-electron chi connectivity index (χ2n) is 15.6. The fourth-order valence-corrected chi connectivity index (χ4v) is 10.9. The van der Waals surface area contributed by atoms with Crippen LogP contribution in [0.2, 0.25) is 0 Å². The number of rotatable bonds is 11. The van der Waals surface area contributed by atoms with Crippen LogP contribution in [0.15, 0.2) is 102 Å². The van der Waals surface area contributed by atoms with Crippen LogP contribution in [0.5, 0.6) is 5.75 Å². The van der Waals surface area contributed by atoms with Gasteiger partial charge in [-0.05, 0) is 108 Å². The molecule has 4 aromatic rings. The minimum Gasteiger partial charge on any atom is -0.496 e. The Hall–Kier alpha value is -3.82. The fourth-order valence-electron chi connectivity index (χ4n) is 9.68. The zero-order chi connectivity index (χ0) is 35.7. The maximum absolute atomic E-state index is 13.2. The molecule has 5 aliphatic rings. The van der Waals surface area contributed by atoms with Crippen LogP contribution in [0.1, 0.15) is 80.1 Å². The number of benzene rings is 4. The van der Waals surface area contributed by atoms with Gasteiger partial charge in [0, 0.05) is 34.2 Å². The van der Waals surface area contributed by atoms with E-state index in [2.05, 4.69) is 84.3 Å². The molecular weight excluding hydrogens is 669 g/mol. The average Bonchev–Trinajstić information content (AvgIpc) is 3.16. The minimum absolute atomic E-state index is 0.00380. The summed E-state index contributed by atoms with van der Waals surface area (Å²) in [6.45, 7) is 2.67. The van der Waals surface area contributed by atoms with Crippen LogP contribution in [0.25, 0.3) is 11.1 Å². The molecule has 4 saturated carbocycles. The second kappa shape index (κ2) is 15.3. The Balaban J connectivity index is 0.973. The highest BCUT2D eigenvalue weighted by Gasteiger charge is 2.51. The Morgan fingerprint density at radius 1 is 0.827 bits per heavy atom. The van der Waals surface area contributed by atoms with E-state index in [0.717, 1.165) is 86.8 Å². The van der Waals surface area contributed by atoms with Crippen LogP contribution in [-0.2, 0) is 22.6 Å². The number of carbonyl (C=O) groups excluding carboxylic acids is 1. The van der Waals surface area contributed by atoms with E-state index >= 15 is 0 Å². The first-order chi connectivity index (χ1) is 25.4. The van der Waals surface area contributed by atoms with Crippen LogP contribution in [0.4, 0.5) is 4.79 Å². The van der Waals surface area contributed by atoms with Gasteiger partial charge in [-0.3, -0.25) is 0 Å². The smallest absolute Gasteiger partial charge is 0.315 e. The highest BCUT2D eigenvalue weighted by atomic mass is 32.2. The van der Waals surface area contributed by atoms with Crippen LogP contribution in [0, 0.1) is 23.7 Å². The zero-order valence-corrected chi connectivity index (χ0v) is 30.9. The number of nitrogens with one attached hydrogen (secondary N) is 2. The van der Waals surface area contributed by atoms with Crippen molar-refractivity contribution in [3.8, 4) is 16.9 Å². The van der Waals surface area contributed by atoms with Crippen molar-refractivity contribution in [2.24, 2.45) is 23.7 Å². The quantitative estimate of drug-likeness (QED) is 0.134. The van der Waals surface area contributed by atoms with E-state index in [1.165, 1.54) is 19.3 Å². The van der Waals surface area contributed by atoms with Crippen LogP contribution in [-0.4, -0.2) is 35.6 Å². The molecule has 4 aromatic carbocycles. The molecule has 0 aromatic heterocycles. The number of ether oxygens (including phenoxy) is 3. The Morgan fingerprint density at radius 2 is 1.52 bits per heavy atom. The number of para-hydroxylation sites is 1. The molecule has 0 radical (unpaired) electrons. The lowest BCUT2D eigenvalue weighted by molar-refractivity contribution is -0.268. The molecular formula is C44H50N2O5S. The maximum atomic E-state index is 13.2. The van der Waals surface area contributed by atoms with E-state index in [-0.39, 0.29) is 36.3 Å². The van der Waals surface area contributed by atoms with Crippen LogP contribution < -0.4 is 15.4 Å². The number of carbonyl (C=O) groups is 1. The van der Waals surface area contributed by atoms with Crippen molar-refractivity contribution in [3.63, 3.8) is 0 Å². The van der Waals surface area contributed by atoms with Gasteiger partial charge in [0.15, 0.2) is 6.29 Å². The molecule has 272 valence electrons. The molecule has 4 aliphatic carbocycles. The number of thioether (sulfide) groups is 1. The standard InChI is InChI=1S/C44H50N2O5S/c1-28-39(27-52-40-12-4-3-11-38(40)49-2)50-42(51-41(28)34-15-13-29(26-47)14-16-34)37-10-6-9-36(21-37)35-8-5-7-30(20-35)25-45-43(48)46-44-22-31-17-32(23-44)19-33(18-31)24-44/h3-16,20-21,28,31-33,39,41-42,47H,17-19,22-27H2,1-2H3,(H2,45,46,48)/t28-,31?,32?,33?,39+,41+,42+,44?/m1/s1. The van der Waals surface area contributed by atoms with Gasteiger partial charge in [-0.15, -0.1) is 11.8 Å². The Labute approximate surface area is 311 Å². The molecule has 8 heteroatoms. The lowest BCUT2D eigenvalue weighted by atomic mass is 9.53. The van der Waals surface area contributed by atoms with Gasteiger partial charge < -0.3 is 30.0 Å². The molecule has 9 rings (SSSR count). The Morgan fingerprint density at radius 3 is 2.23 bits per heavy atom. The summed E-state index contributed by atoms with van der Waals surface area (Å²) in [6.07, 6.45) is 6.64. The minimum atomic E-state index is -0.569. The summed E-state index contributed by atoms with van der Waals surface area (Å²) in [6, 6.07) is 32.9. The molecule has 2 amide bonds. The van der Waals surface area contributed by atoms with Gasteiger partial charge in [0.25, 0.3) is 0 Å². The molecule has 5 fully saturated rings. The molecule has 1 heterocycles. The lowest BCUT2D eigenvalue weighted by Crippen LogP contribution is -2.61. The maximum Gasteiger partial charge on any atom is 0.315 e. The number of hydrogen-bond acceptors (Lipinski definition) is 6. The van der Waals surface area contributed by atoms with Gasteiger partial charge in [0.05, 0.1) is 25.9 Å². The van der Waals surface area contributed by atoms with Gasteiger partial charge in [-0.2, -0.15) is 0 Å². The third-order valence-electron chi connectivity index (χ3n) is 11.9. The highest BCUT2D eigenvalue weighted by Crippen LogP contribution is 2.55. The van der Waals surface area contributed by atoms with E-state index < -0.39 is 6.29 Å². The third-order valence-corrected chi connectivity index (χ3v) is 13.0. The van der Waals surface area contributed by atoms with Crippen LogP contribution >= 0.6 is 11.8 Å². The largest absolute Gasteiger partial charge is 0.496 e. The molecule has 3 N–H and O–H groups in total. The van der Waals surface area contributed by atoms with Crippen molar-refractivity contribution < 1.29 is 24.1 Å². The molecule has 1 saturated heterocycles. The molecule has 4 bridgehead atoms. The van der Waals surface area contributed by atoms with Crippen molar-refractivity contribution in [1.82, 2.24) is 10.6 Å². The van der Waals surface area contributed by atoms with Gasteiger partial charge in [-0.25, -0.2) is 4.79 Å². The van der Waals surface area contributed by atoms with E-state index in [9.17, 15) is 9.90 Å². The lowest BCUT2D eigenvalue weighted by Gasteiger charge is -2.56. The predicted octanol–water partition coefficient (Wildman–Crippen LogP) is 9.21. The van der Waals surface area contributed by atoms with Gasteiger partial charge >= 0.3 is 6.03 Å². The summed E-state index contributed by atoms with van der Waals surface area (Å²) in [5, 5.41) is 16.3.